The third-order valence-electron chi connectivity index (χ3n) is 1.43. The fraction of sp³-hybridized carbons (Fsp3) is 0.375. The summed E-state index contributed by atoms with van der Waals surface area (Å²) in [4.78, 5) is 5.58. The average molecular weight is 168 g/mol. The SMILES string of the molecule is C=CCNc1nc(C)c(C)s1. The number of thiazole rings is 1. The van der Waals surface area contributed by atoms with Crippen LogP contribution in [0.2, 0.25) is 0 Å². The van der Waals surface area contributed by atoms with Crippen molar-refractivity contribution >= 4 is 16.5 Å². The second kappa shape index (κ2) is 3.53. The zero-order chi connectivity index (χ0) is 8.27. The Labute approximate surface area is 71.0 Å². The normalized spacial score (nSPS) is 9.64. The Balaban J connectivity index is 2.64. The Kier molecular flexibility index (Phi) is 2.65. The van der Waals surface area contributed by atoms with E-state index in [0.29, 0.717) is 0 Å². The molecule has 1 N–H and O–H groups in total. The predicted molar refractivity (Wildman–Crippen MR) is 50.3 cm³/mol. The summed E-state index contributed by atoms with van der Waals surface area (Å²) in [5.41, 5.74) is 1.11. The molecule has 0 amide bonds. The van der Waals surface area contributed by atoms with Gasteiger partial charge in [0.1, 0.15) is 0 Å². The summed E-state index contributed by atoms with van der Waals surface area (Å²) >= 11 is 1.68. The van der Waals surface area contributed by atoms with E-state index in [1.165, 1.54) is 4.88 Å². The molecule has 0 saturated carbocycles. The van der Waals surface area contributed by atoms with Crippen LogP contribution < -0.4 is 5.32 Å². The molecule has 3 heteroatoms. The topological polar surface area (TPSA) is 24.9 Å². The number of aryl methyl sites for hydroxylation is 2. The summed E-state index contributed by atoms with van der Waals surface area (Å²) in [7, 11) is 0. The minimum Gasteiger partial charge on any atom is -0.358 e. The lowest BCUT2D eigenvalue weighted by atomic mass is 10.4. The second-order valence-electron chi connectivity index (χ2n) is 2.33. The van der Waals surface area contributed by atoms with Gasteiger partial charge in [-0.1, -0.05) is 6.08 Å². The van der Waals surface area contributed by atoms with E-state index in [1.807, 2.05) is 13.0 Å². The Morgan fingerprint density at radius 1 is 1.64 bits per heavy atom. The van der Waals surface area contributed by atoms with Gasteiger partial charge in [-0.05, 0) is 13.8 Å². The highest BCUT2D eigenvalue weighted by Gasteiger charge is 2.00. The molecule has 0 unspecified atom stereocenters. The van der Waals surface area contributed by atoms with Crippen LogP contribution in [0.25, 0.3) is 0 Å². The van der Waals surface area contributed by atoms with Gasteiger partial charge in [-0.15, -0.1) is 17.9 Å². The highest BCUT2D eigenvalue weighted by Crippen LogP contribution is 2.20. The molecule has 0 aliphatic heterocycles. The van der Waals surface area contributed by atoms with Crippen LogP contribution in [0, 0.1) is 13.8 Å². The standard InChI is InChI=1S/C8H12N2S/c1-4-5-9-8-10-6(2)7(3)11-8/h4H,1,5H2,2-3H3,(H,9,10). The van der Waals surface area contributed by atoms with Crippen LogP contribution in [0.5, 0.6) is 0 Å². The quantitative estimate of drug-likeness (QED) is 0.701. The molecular weight excluding hydrogens is 156 g/mol. The van der Waals surface area contributed by atoms with Crippen LogP contribution in [0.3, 0.4) is 0 Å². The molecule has 0 aliphatic carbocycles. The lowest BCUT2D eigenvalue weighted by Crippen LogP contribution is -1.96. The van der Waals surface area contributed by atoms with Crippen molar-refractivity contribution in [2.45, 2.75) is 13.8 Å². The molecule has 0 spiro atoms. The molecule has 0 fully saturated rings. The predicted octanol–water partition coefficient (Wildman–Crippen LogP) is 2.36. The molecule has 1 heterocycles. The molecule has 0 saturated heterocycles. The Bertz CT molecular complexity index is 233. The molecular formula is C8H12N2S. The zero-order valence-corrected chi connectivity index (χ0v) is 7.66. The zero-order valence-electron chi connectivity index (χ0n) is 6.85. The number of hydrogen-bond donors (Lipinski definition) is 1. The first kappa shape index (κ1) is 8.27. The van der Waals surface area contributed by atoms with Crippen molar-refractivity contribution in [3.05, 3.63) is 23.2 Å². The van der Waals surface area contributed by atoms with Crippen LogP contribution in [-0.2, 0) is 0 Å². The third kappa shape index (κ3) is 2.05. The molecule has 11 heavy (non-hydrogen) atoms. The van der Waals surface area contributed by atoms with Gasteiger partial charge in [-0.25, -0.2) is 4.98 Å². The van der Waals surface area contributed by atoms with Gasteiger partial charge in [0.05, 0.1) is 5.69 Å². The van der Waals surface area contributed by atoms with Crippen LogP contribution in [-0.4, -0.2) is 11.5 Å². The molecule has 0 aliphatic rings. The molecule has 1 rings (SSSR count). The van der Waals surface area contributed by atoms with Crippen LogP contribution in [0.1, 0.15) is 10.6 Å². The highest BCUT2D eigenvalue weighted by atomic mass is 32.1. The summed E-state index contributed by atoms with van der Waals surface area (Å²) in [6.07, 6.45) is 1.83. The lowest BCUT2D eigenvalue weighted by Gasteiger charge is -1.93. The summed E-state index contributed by atoms with van der Waals surface area (Å²) in [5, 5.41) is 4.13. The molecule has 0 atom stereocenters. The lowest BCUT2D eigenvalue weighted by molar-refractivity contribution is 1.20. The first-order valence-corrected chi connectivity index (χ1v) is 4.34. The van der Waals surface area contributed by atoms with Crippen LogP contribution >= 0.6 is 11.3 Å². The van der Waals surface area contributed by atoms with Gasteiger partial charge in [-0.3, -0.25) is 0 Å². The molecule has 0 radical (unpaired) electrons. The van der Waals surface area contributed by atoms with Crippen molar-refractivity contribution in [2.75, 3.05) is 11.9 Å². The number of nitrogens with one attached hydrogen (secondary N) is 1. The van der Waals surface area contributed by atoms with Gasteiger partial charge in [0.25, 0.3) is 0 Å². The third-order valence-corrected chi connectivity index (χ3v) is 2.46. The second-order valence-corrected chi connectivity index (χ2v) is 3.53. The van der Waals surface area contributed by atoms with E-state index in [4.69, 9.17) is 0 Å². The fourth-order valence-corrected chi connectivity index (χ4v) is 1.53. The summed E-state index contributed by atoms with van der Waals surface area (Å²) in [6, 6.07) is 0. The monoisotopic (exact) mass is 168 g/mol. The van der Waals surface area contributed by atoms with Gasteiger partial charge < -0.3 is 5.32 Å². The number of anilines is 1. The van der Waals surface area contributed by atoms with Gasteiger partial charge in [0.2, 0.25) is 0 Å². The first-order chi connectivity index (χ1) is 5.24. The summed E-state index contributed by atoms with van der Waals surface area (Å²) < 4.78 is 0. The van der Waals surface area contributed by atoms with Crippen molar-refractivity contribution in [1.29, 1.82) is 0 Å². The fourth-order valence-electron chi connectivity index (χ4n) is 0.708. The van der Waals surface area contributed by atoms with E-state index in [2.05, 4.69) is 23.8 Å². The summed E-state index contributed by atoms with van der Waals surface area (Å²) in [6.45, 7) is 8.50. The van der Waals surface area contributed by atoms with E-state index >= 15 is 0 Å². The van der Waals surface area contributed by atoms with Crippen molar-refractivity contribution in [2.24, 2.45) is 0 Å². The van der Waals surface area contributed by atoms with Crippen LogP contribution in [0.15, 0.2) is 12.7 Å². The van der Waals surface area contributed by atoms with Crippen LogP contribution in [0.4, 0.5) is 5.13 Å². The maximum atomic E-state index is 4.31. The van der Waals surface area contributed by atoms with E-state index in [9.17, 15) is 0 Å². The van der Waals surface area contributed by atoms with Crippen molar-refractivity contribution in [3.63, 3.8) is 0 Å². The van der Waals surface area contributed by atoms with E-state index in [-0.39, 0.29) is 0 Å². The Morgan fingerprint density at radius 2 is 2.36 bits per heavy atom. The maximum Gasteiger partial charge on any atom is 0.183 e. The van der Waals surface area contributed by atoms with Crippen molar-refractivity contribution in [1.82, 2.24) is 4.98 Å². The van der Waals surface area contributed by atoms with E-state index in [0.717, 1.165) is 17.4 Å². The molecule has 1 aromatic rings. The highest BCUT2D eigenvalue weighted by molar-refractivity contribution is 7.15. The smallest absolute Gasteiger partial charge is 0.183 e. The molecule has 2 nitrogen and oxygen atoms in total. The number of nitrogens with zero attached hydrogens (tertiary/aromatic N) is 1. The number of aromatic nitrogens is 1. The molecule has 0 aromatic carbocycles. The van der Waals surface area contributed by atoms with E-state index < -0.39 is 0 Å². The summed E-state index contributed by atoms with van der Waals surface area (Å²) in [5.74, 6) is 0. The average Bonchev–Trinajstić information content (AvgIpc) is 2.28. The van der Waals surface area contributed by atoms with Crippen molar-refractivity contribution < 1.29 is 0 Å². The maximum absolute atomic E-state index is 4.31. The van der Waals surface area contributed by atoms with E-state index in [1.54, 1.807) is 11.3 Å². The Morgan fingerprint density at radius 3 is 2.82 bits per heavy atom. The van der Waals surface area contributed by atoms with Gasteiger partial charge in [-0.2, -0.15) is 0 Å². The number of rotatable bonds is 3. The van der Waals surface area contributed by atoms with Gasteiger partial charge >= 0.3 is 0 Å². The first-order valence-electron chi connectivity index (χ1n) is 3.53. The Hall–Kier alpha value is -0.830. The minimum atomic E-state index is 0.784. The molecule has 1 aromatic heterocycles. The van der Waals surface area contributed by atoms with Gasteiger partial charge in [0.15, 0.2) is 5.13 Å². The van der Waals surface area contributed by atoms with Gasteiger partial charge in [0, 0.05) is 11.4 Å². The largest absolute Gasteiger partial charge is 0.358 e. The number of hydrogen-bond acceptors (Lipinski definition) is 3. The minimum absolute atomic E-state index is 0.784. The van der Waals surface area contributed by atoms with Crippen molar-refractivity contribution in [3.8, 4) is 0 Å². The molecule has 60 valence electrons. The molecule has 0 bridgehead atoms.